The molecule has 1 saturated heterocycles. The Labute approximate surface area is 210 Å². The van der Waals surface area contributed by atoms with Crippen molar-refractivity contribution >= 4 is 23.5 Å². The molecule has 0 spiro atoms. The summed E-state index contributed by atoms with van der Waals surface area (Å²) in [5.74, 6) is 6.92. The van der Waals surface area contributed by atoms with Gasteiger partial charge in [0.2, 0.25) is 5.88 Å². The van der Waals surface area contributed by atoms with Crippen molar-refractivity contribution in [1.82, 2.24) is 15.0 Å². The number of anilines is 2. The number of nitrogens with one attached hydrogen (secondary N) is 1. The van der Waals surface area contributed by atoms with Crippen molar-refractivity contribution in [3.05, 3.63) is 59.7 Å². The number of alkyl halides is 3. The van der Waals surface area contributed by atoms with Crippen molar-refractivity contribution in [3.8, 4) is 23.5 Å². The maximum atomic E-state index is 12.7. The molecular weight excluding hydrogens is 495 g/mol. The van der Waals surface area contributed by atoms with Crippen LogP contribution in [-0.4, -0.2) is 54.7 Å². The molecule has 0 unspecified atom stereocenters. The van der Waals surface area contributed by atoms with Crippen molar-refractivity contribution in [1.29, 1.82) is 0 Å². The summed E-state index contributed by atoms with van der Waals surface area (Å²) in [6, 6.07) is 7.52. The predicted molar refractivity (Wildman–Crippen MR) is 129 cm³/mol. The molecule has 2 aromatic heterocycles. The molecule has 12 heteroatoms. The molecule has 0 radical (unpaired) electrons. The lowest BCUT2D eigenvalue weighted by molar-refractivity contribution is -0.275. The first-order valence-electron chi connectivity index (χ1n) is 10.8. The minimum Gasteiger partial charge on any atom is -0.480 e. The highest BCUT2D eigenvalue weighted by Gasteiger charge is 2.32. The molecule has 1 aromatic carbocycles. The monoisotopic (exact) mass is 517 g/mol. The van der Waals surface area contributed by atoms with Crippen LogP contribution in [0, 0.1) is 18.8 Å². The van der Waals surface area contributed by atoms with Gasteiger partial charge in [-0.15, -0.1) is 13.2 Å². The zero-order valence-corrected chi connectivity index (χ0v) is 20.2. The van der Waals surface area contributed by atoms with Crippen LogP contribution in [-0.2, 0) is 4.74 Å². The average Bonchev–Trinajstić information content (AvgIpc) is 2.87. The molecule has 0 amide bonds. The average molecular weight is 518 g/mol. The molecule has 0 bridgehead atoms. The predicted octanol–water partition coefficient (Wildman–Crippen LogP) is 4.44. The van der Waals surface area contributed by atoms with E-state index in [4.69, 9.17) is 9.47 Å². The van der Waals surface area contributed by atoms with Crippen LogP contribution in [0.4, 0.5) is 24.7 Å². The molecule has 1 aliphatic heterocycles. The number of halogens is 3. The fourth-order valence-electron chi connectivity index (χ4n) is 3.37. The summed E-state index contributed by atoms with van der Waals surface area (Å²) in [4.78, 5) is 15.3. The molecule has 1 aliphatic rings. The van der Waals surface area contributed by atoms with Crippen LogP contribution < -0.4 is 19.1 Å². The standard InChI is InChI=1S/C24H22F3N5O3S/c1-16-18(22(30-15-29-16)32-9-11-34-12-10-32)8-7-17-13-19(23(33-2)28-14-17)31-36-21-6-4-3-5-20(21)35-24(25,26)27/h3-6,13-15,31H,9-12H2,1-2H3. The maximum Gasteiger partial charge on any atom is 0.573 e. The number of morpholine rings is 1. The summed E-state index contributed by atoms with van der Waals surface area (Å²) in [6.45, 7) is 4.51. The second-order valence-corrected chi connectivity index (χ2v) is 8.33. The number of methoxy groups -OCH3 is 1. The number of hydrogen-bond donors (Lipinski definition) is 1. The summed E-state index contributed by atoms with van der Waals surface area (Å²) in [7, 11) is 1.45. The van der Waals surface area contributed by atoms with Crippen molar-refractivity contribution in [2.45, 2.75) is 18.2 Å². The Morgan fingerprint density at radius 3 is 2.64 bits per heavy atom. The molecule has 0 aliphatic carbocycles. The van der Waals surface area contributed by atoms with E-state index in [2.05, 4.69) is 41.2 Å². The summed E-state index contributed by atoms with van der Waals surface area (Å²) in [5.41, 5.74) is 2.45. The molecule has 36 heavy (non-hydrogen) atoms. The number of ether oxygens (including phenoxy) is 3. The van der Waals surface area contributed by atoms with Gasteiger partial charge in [0.1, 0.15) is 23.6 Å². The number of aryl methyl sites for hydroxylation is 1. The third-order valence-electron chi connectivity index (χ3n) is 5.05. The van der Waals surface area contributed by atoms with E-state index in [1.54, 1.807) is 18.3 Å². The molecule has 1 N–H and O–H groups in total. The van der Waals surface area contributed by atoms with Crippen molar-refractivity contribution < 1.29 is 27.4 Å². The number of aromatic nitrogens is 3. The van der Waals surface area contributed by atoms with E-state index in [0.29, 0.717) is 43.1 Å². The smallest absolute Gasteiger partial charge is 0.480 e. The van der Waals surface area contributed by atoms with Gasteiger partial charge in [0.05, 0.1) is 36.5 Å². The molecular formula is C24H22F3N5O3S. The van der Waals surface area contributed by atoms with Gasteiger partial charge in [-0.3, -0.25) is 0 Å². The van der Waals surface area contributed by atoms with Crippen LogP contribution in [0.5, 0.6) is 11.6 Å². The summed E-state index contributed by atoms with van der Waals surface area (Å²) in [5, 5.41) is 0. The Morgan fingerprint density at radius 2 is 1.89 bits per heavy atom. The molecule has 188 valence electrons. The summed E-state index contributed by atoms with van der Waals surface area (Å²) < 4.78 is 56.0. The summed E-state index contributed by atoms with van der Waals surface area (Å²) >= 11 is 0.936. The largest absolute Gasteiger partial charge is 0.573 e. The van der Waals surface area contributed by atoms with E-state index in [9.17, 15) is 13.2 Å². The van der Waals surface area contributed by atoms with E-state index >= 15 is 0 Å². The van der Waals surface area contributed by atoms with Crippen molar-refractivity contribution in [3.63, 3.8) is 0 Å². The number of pyridine rings is 1. The van der Waals surface area contributed by atoms with E-state index in [1.165, 1.54) is 31.6 Å². The zero-order chi connectivity index (χ0) is 25.5. The van der Waals surface area contributed by atoms with Crippen LogP contribution in [0.3, 0.4) is 0 Å². The first-order valence-corrected chi connectivity index (χ1v) is 11.6. The highest BCUT2D eigenvalue weighted by atomic mass is 32.2. The van der Waals surface area contributed by atoms with E-state index < -0.39 is 6.36 Å². The minimum atomic E-state index is -4.80. The van der Waals surface area contributed by atoms with E-state index in [-0.39, 0.29) is 16.5 Å². The highest BCUT2D eigenvalue weighted by Crippen LogP contribution is 2.35. The normalized spacial score (nSPS) is 13.5. The Kier molecular flexibility index (Phi) is 8.02. The van der Waals surface area contributed by atoms with Gasteiger partial charge in [0.15, 0.2) is 0 Å². The van der Waals surface area contributed by atoms with Crippen molar-refractivity contribution in [2.75, 3.05) is 43.0 Å². The Morgan fingerprint density at radius 1 is 1.11 bits per heavy atom. The number of rotatable bonds is 6. The second-order valence-electron chi connectivity index (χ2n) is 7.49. The number of nitrogens with zero attached hydrogens (tertiary/aromatic N) is 4. The van der Waals surface area contributed by atoms with Gasteiger partial charge < -0.3 is 23.8 Å². The molecule has 0 saturated carbocycles. The quantitative estimate of drug-likeness (QED) is 0.377. The fraction of sp³-hybridized carbons (Fsp3) is 0.292. The van der Waals surface area contributed by atoms with E-state index in [0.717, 1.165) is 23.5 Å². The molecule has 8 nitrogen and oxygen atoms in total. The van der Waals surface area contributed by atoms with Crippen LogP contribution in [0.25, 0.3) is 0 Å². The Hall–Kier alpha value is -3.69. The maximum absolute atomic E-state index is 12.7. The van der Waals surface area contributed by atoms with Gasteiger partial charge in [0, 0.05) is 24.8 Å². The van der Waals surface area contributed by atoms with E-state index in [1.807, 2.05) is 6.92 Å². The highest BCUT2D eigenvalue weighted by molar-refractivity contribution is 8.00. The van der Waals surface area contributed by atoms with Gasteiger partial charge in [-0.25, -0.2) is 15.0 Å². The molecule has 3 heterocycles. The third-order valence-corrected chi connectivity index (χ3v) is 5.93. The van der Waals surface area contributed by atoms with Gasteiger partial charge in [-0.05, 0) is 37.1 Å². The van der Waals surface area contributed by atoms with Crippen LogP contribution >= 0.6 is 11.9 Å². The molecule has 3 aromatic rings. The van der Waals surface area contributed by atoms with Gasteiger partial charge in [-0.2, -0.15) is 0 Å². The Balaban J connectivity index is 1.58. The number of benzene rings is 1. The van der Waals surface area contributed by atoms with Crippen LogP contribution in [0.15, 0.2) is 47.8 Å². The molecule has 0 atom stereocenters. The first kappa shape index (κ1) is 25.4. The minimum absolute atomic E-state index is 0.237. The lowest BCUT2D eigenvalue weighted by Gasteiger charge is -2.28. The lowest BCUT2D eigenvalue weighted by Crippen LogP contribution is -2.37. The Bertz CT molecular complexity index is 1270. The topological polar surface area (TPSA) is 81.6 Å². The van der Waals surface area contributed by atoms with Gasteiger partial charge >= 0.3 is 6.36 Å². The second kappa shape index (κ2) is 11.4. The van der Waals surface area contributed by atoms with Crippen molar-refractivity contribution in [2.24, 2.45) is 0 Å². The van der Waals surface area contributed by atoms with Gasteiger partial charge in [0.25, 0.3) is 0 Å². The summed E-state index contributed by atoms with van der Waals surface area (Å²) in [6.07, 6.45) is -1.74. The number of para-hydroxylation sites is 1. The zero-order valence-electron chi connectivity index (χ0n) is 19.4. The molecule has 4 rings (SSSR count). The fourth-order valence-corrected chi connectivity index (χ4v) is 4.09. The van der Waals surface area contributed by atoms with Crippen LogP contribution in [0.2, 0.25) is 0 Å². The first-order chi connectivity index (χ1) is 17.3. The third kappa shape index (κ3) is 6.50. The van der Waals surface area contributed by atoms with Gasteiger partial charge in [-0.1, -0.05) is 24.0 Å². The molecule has 1 fully saturated rings. The lowest BCUT2D eigenvalue weighted by atomic mass is 10.2. The number of hydrogen-bond acceptors (Lipinski definition) is 9. The van der Waals surface area contributed by atoms with Crippen LogP contribution in [0.1, 0.15) is 16.8 Å². The SMILES string of the molecule is COc1ncc(C#Cc2c(C)ncnc2N2CCOCC2)cc1NSc1ccccc1OC(F)(F)F.